The Morgan fingerprint density at radius 1 is 1.17 bits per heavy atom. The molecule has 0 saturated carbocycles. The van der Waals surface area contributed by atoms with Crippen LogP contribution in [0.25, 0.3) is 0 Å². The number of carbonyl (C=O) groups excluding carboxylic acids is 1. The molecule has 0 aliphatic rings. The second-order valence-electron chi connectivity index (χ2n) is 5.28. The second kappa shape index (κ2) is 6.43. The molecule has 0 aliphatic heterocycles. The number of hydrogen-bond donors (Lipinski definition) is 0. The Hall–Kier alpha value is -1.51. The molecule has 100 valence electrons. The van der Waals surface area contributed by atoms with Gasteiger partial charge in [-0.25, -0.2) is 0 Å². The molecule has 0 bridgehead atoms. The molecule has 0 aliphatic carbocycles. The number of carbonyl (C=O) groups is 1. The normalized spacial score (nSPS) is 11.1. The first-order valence-corrected chi connectivity index (χ1v) is 6.24. The molecule has 1 rings (SSSR count). The highest BCUT2D eigenvalue weighted by molar-refractivity contribution is 5.83. The van der Waals surface area contributed by atoms with Gasteiger partial charge in [0.2, 0.25) is 0 Å². The largest absolute Gasteiger partial charge is 0.493 e. The quantitative estimate of drug-likeness (QED) is 0.725. The average molecular weight is 250 g/mol. The van der Waals surface area contributed by atoms with Gasteiger partial charge in [0.25, 0.3) is 0 Å². The summed E-state index contributed by atoms with van der Waals surface area (Å²) in [5.41, 5.74) is -0.259. The number of para-hydroxylation sites is 2. The molecule has 0 spiro atoms. The Kier molecular flexibility index (Phi) is 5.20. The minimum Gasteiger partial charge on any atom is -0.493 e. The lowest BCUT2D eigenvalue weighted by Gasteiger charge is -2.16. The van der Waals surface area contributed by atoms with Crippen LogP contribution in [0.2, 0.25) is 0 Å². The van der Waals surface area contributed by atoms with Gasteiger partial charge in [-0.2, -0.15) is 0 Å². The zero-order chi connectivity index (χ0) is 13.6. The summed E-state index contributed by atoms with van der Waals surface area (Å²) in [4.78, 5) is 11.7. The summed E-state index contributed by atoms with van der Waals surface area (Å²) < 4.78 is 10.8. The van der Waals surface area contributed by atoms with E-state index in [4.69, 9.17) is 9.47 Å². The van der Waals surface area contributed by atoms with Gasteiger partial charge in [-0.15, -0.1) is 0 Å². The van der Waals surface area contributed by atoms with Crippen LogP contribution in [0.5, 0.6) is 11.5 Å². The minimum absolute atomic E-state index is 0.259. The zero-order valence-electron chi connectivity index (χ0n) is 11.7. The molecule has 0 atom stereocenters. The molecule has 0 aromatic heterocycles. The summed E-state index contributed by atoms with van der Waals surface area (Å²) in [6.07, 6.45) is 1.28. The van der Waals surface area contributed by atoms with E-state index in [0.29, 0.717) is 13.0 Å². The highest BCUT2D eigenvalue weighted by Crippen LogP contribution is 2.26. The molecule has 18 heavy (non-hydrogen) atoms. The fourth-order valence-electron chi connectivity index (χ4n) is 1.53. The third-order valence-electron chi connectivity index (χ3n) is 2.71. The molecule has 1 aromatic carbocycles. The van der Waals surface area contributed by atoms with E-state index < -0.39 is 0 Å². The standard InChI is InChI=1S/C15H22O3/c1-15(2,3)14(16)10-7-11-18-13-9-6-5-8-12(13)17-4/h5-6,8-9H,7,10-11H2,1-4H3. The highest BCUT2D eigenvalue weighted by atomic mass is 16.5. The van der Waals surface area contributed by atoms with Crippen molar-refractivity contribution >= 4 is 5.78 Å². The predicted octanol–water partition coefficient (Wildman–Crippen LogP) is 3.47. The molecule has 3 nitrogen and oxygen atoms in total. The third kappa shape index (κ3) is 4.40. The highest BCUT2D eigenvalue weighted by Gasteiger charge is 2.20. The SMILES string of the molecule is COc1ccccc1OCCCC(=O)C(C)(C)C. The van der Waals surface area contributed by atoms with Crippen molar-refractivity contribution in [2.24, 2.45) is 5.41 Å². The molecule has 0 N–H and O–H groups in total. The first-order chi connectivity index (χ1) is 8.45. The van der Waals surface area contributed by atoms with E-state index in [1.54, 1.807) is 7.11 Å². The summed E-state index contributed by atoms with van der Waals surface area (Å²) in [6.45, 7) is 6.35. The van der Waals surface area contributed by atoms with Crippen LogP contribution >= 0.6 is 0 Å². The van der Waals surface area contributed by atoms with Crippen molar-refractivity contribution in [3.63, 3.8) is 0 Å². The van der Waals surface area contributed by atoms with Crippen LogP contribution in [-0.4, -0.2) is 19.5 Å². The van der Waals surface area contributed by atoms with E-state index in [1.807, 2.05) is 45.0 Å². The maximum atomic E-state index is 11.7. The lowest BCUT2D eigenvalue weighted by atomic mass is 9.88. The van der Waals surface area contributed by atoms with Gasteiger partial charge in [-0.3, -0.25) is 4.79 Å². The van der Waals surface area contributed by atoms with Gasteiger partial charge in [0, 0.05) is 11.8 Å². The summed E-state index contributed by atoms with van der Waals surface area (Å²) in [5.74, 6) is 1.72. The van der Waals surface area contributed by atoms with Gasteiger partial charge < -0.3 is 9.47 Å². The summed E-state index contributed by atoms with van der Waals surface area (Å²) in [7, 11) is 1.62. The Balaban J connectivity index is 2.36. The van der Waals surface area contributed by atoms with Gasteiger partial charge in [0.05, 0.1) is 13.7 Å². The maximum Gasteiger partial charge on any atom is 0.161 e. The monoisotopic (exact) mass is 250 g/mol. The Labute approximate surface area is 109 Å². The smallest absolute Gasteiger partial charge is 0.161 e. The van der Waals surface area contributed by atoms with Crippen LogP contribution in [0.4, 0.5) is 0 Å². The lowest BCUT2D eigenvalue weighted by Crippen LogP contribution is -2.20. The van der Waals surface area contributed by atoms with Crippen molar-refractivity contribution in [2.75, 3.05) is 13.7 Å². The molecule has 0 amide bonds. The summed E-state index contributed by atoms with van der Waals surface area (Å²) in [5, 5.41) is 0. The number of benzene rings is 1. The van der Waals surface area contributed by atoms with E-state index in [9.17, 15) is 4.79 Å². The Morgan fingerprint density at radius 3 is 2.33 bits per heavy atom. The van der Waals surface area contributed by atoms with Crippen molar-refractivity contribution in [2.45, 2.75) is 33.6 Å². The topological polar surface area (TPSA) is 35.5 Å². The Morgan fingerprint density at radius 2 is 1.78 bits per heavy atom. The van der Waals surface area contributed by atoms with Crippen LogP contribution < -0.4 is 9.47 Å². The van der Waals surface area contributed by atoms with Crippen LogP contribution in [0.15, 0.2) is 24.3 Å². The number of ketones is 1. The van der Waals surface area contributed by atoms with E-state index in [2.05, 4.69) is 0 Å². The van der Waals surface area contributed by atoms with Crippen LogP contribution in [0.1, 0.15) is 33.6 Å². The summed E-state index contributed by atoms with van der Waals surface area (Å²) in [6, 6.07) is 7.52. The summed E-state index contributed by atoms with van der Waals surface area (Å²) >= 11 is 0. The molecule has 0 fully saturated rings. The van der Waals surface area contributed by atoms with Crippen molar-refractivity contribution in [3.05, 3.63) is 24.3 Å². The van der Waals surface area contributed by atoms with Gasteiger partial charge in [-0.1, -0.05) is 32.9 Å². The van der Waals surface area contributed by atoms with Gasteiger partial charge in [0.15, 0.2) is 11.5 Å². The number of ether oxygens (including phenoxy) is 2. The predicted molar refractivity (Wildman–Crippen MR) is 72.2 cm³/mol. The fourth-order valence-corrected chi connectivity index (χ4v) is 1.53. The second-order valence-corrected chi connectivity index (χ2v) is 5.28. The number of methoxy groups -OCH3 is 1. The van der Waals surface area contributed by atoms with E-state index >= 15 is 0 Å². The molecular formula is C15H22O3. The molecular weight excluding hydrogens is 228 g/mol. The number of Topliss-reactive ketones (excluding diaryl/α,β-unsaturated/α-hetero) is 1. The first kappa shape index (κ1) is 14.6. The number of rotatable bonds is 6. The average Bonchev–Trinajstić information content (AvgIpc) is 2.33. The van der Waals surface area contributed by atoms with Gasteiger partial charge in [0.1, 0.15) is 5.78 Å². The number of hydrogen-bond acceptors (Lipinski definition) is 3. The van der Waals surface area contributed by atoms with Crippen LogP contribution in [0, 0.1) is 5.41 Å². The molecule has 0 unspecified atom stereocenters. The maximum absolute atomic E-state index is 11.7. The fraction of sp³-hybridized carbons (Fsp3) is 0.533. The van der Waals surface area contributed by atoms with Crippen LogP contribution in [0.3, 0.4) is 0 Å². The lowest BCUT2D eigenvalue weighted by molar-refractivity contribution is -0.126. The van der Waals surface area contributed by atoms with Crippen molar-refractivity contribution in [1.29, 1.82) is 0 Å². The van der Waals surface area contributed by atoms with Crippen molar-refractivity contribution in [3.8, 4) is 11.5 Å². The molecule has 0 saturated heterocycles. The van der Waals surface area contributed by atoms with Gasteiger partial charge >= 0.3 is 0 Å². The van der Waals surface area contributed by atoms with Gasteiger partial charge in [-0.05, 0) is 18.6 Å². The first-order valence-electron chi connectivity index (χ1n) is 6.24. The van der Waals surface area contributed by atoms with Crippen LogP contribution in [-0.2, 0) is 4.79 Å². The Bertz CT molecular complexity index is 391. The van der Waals surface area contributed by atoms with E-state index in [0.717, 1.165) is 17.9 Å². The van der Waals surface area contributed by atoms with Crippen molar-refractivity contribution < 1.29 is 14.3 Å². The molecule has 3 heteroatoms. The molecule has 0 radical (unpaired) electrons. The molecule has 1 aromatic rings. The van der Waals surface area contributed by atoms with E-state index in [-0.39, 0.29) is 11.2 Å². The van der Waals surface area contributed by atoms with E-state index in [1.165, 1.54) is 0 Å². The minimum atomic E-state index is -0.259. The third-order valence-corrected chi connectivity index (χ3v) is 2.71. The zero-order valence-corrected chi connectivity index (χ0v) is 11.7. The van der Waals surface area contributed by atoms with Crippen molar-refractivity contribution in [1.82, 2.24) is 0 Å². The molecule has 0 heterocycles.